The molecular formula is C12H10N2O. The van der Waals surface area contributed by atoms with Crippen LogP contribution in [-0.2, 0) is 0 Å². The van der Waals surface area contributed by atoms with Gasteiger partial charge in [0.2, 0.25) is 0 Å². The van der Waals surface area contributed by atoms with Crippen molar-refractivity contribution < 1.29 is 4.42 Å². The second-order valence-corrected chi connectivity index (χ2v) is 2.86. The number of hydrogen-bond acceptors (Lipinski definition) is 3. The van der Waals surface area contributed by atoms with Crippen LogP contribution in [0, 0.1) is 0 Å². The van der Waals surface area contributed by atoms with Crippen LogP contribution >= 0.6 is 0 Å². The summed E-state index contributed by atoms with van der Waals surface area (Å²) in [4.78, 5) is 7.35. The van der Waals surface area contributed by atoms with Crippen LogP contribution in [0.5, 0.6) is 0 Å². The molecule has 0 unspecified atom stereocenters. The van der Waals surface area contributed by atoms with E-state index in [9.17, 15) is 0 Å². The number of furan rings is 1. The second kappa shape index (κ2) is 4.91. The van der Waals surface area contributed by atoms with E-state index >= 15 is 0 Å². The van der Waals surface area contributed by atoms with Crippen molar-refractivity contribution in [2.45, 2.75) is 0 Å². The predicted octanol–water partition coefficient (Wildman–Crippen LogP) is 2.91. The molecule has 3 heteroatoms. The molecule has 0 aliphatic rings. The molecule has 0 N–H and O–H groups in total. The van der Waals surface area contributed by atoms with Gasteiger partial charge in [-0.05, 0) is 18.2 Å². The number of para-hydroxylation sites is 1. The Kier molecular flexibility index (Phi) is 3.07. The number of hydrogen-bond donors (Lipinski definition) is 0. The lowest BCUT2D eigenvalue weighted by Gasteiger charge is -1.81. The summed E-state index contributed by atoms with van der Waals surface area (Å²) in [6.07, 6.45) is 6.57. The molecule has 0 saturated carbocycles. The van der Waals surface area contributed by atoms with E-state index in [1.54, 1.807) is 24.7 Å². The standard InChI is InChI=1S/C8H6O.C4H4N2/c1-2-4-8-7(3-1)5-6-9-8;1-2-5-4-6-3-1/h1-6H;1-4H. The molecule has 3 aromatic rings. The van der Waals surface area contributed by atoms with Gasteiger partial charge in [0.05, 0.1) is 6.26 Å². The zero-order valence-electron chi connectivity index (χ0n) is 8.08. The molecule has 74 valence electrons. The first-order chi connectivity index (χ1) is 7.47. The molecule has 0 bridgehead atoms. The predicted molar refractivity (Wildman–Crippen MR) is 58.2 cm³/mol. The Morgan fingerprint density at radius 2 is 1.67 bits per heavy atom. The maximum Gasteiger partial charge on any atom is 0.133 e. The zero-order chi connectivity index (χ0) is 10.3. The summed E-state index contributed by atoms with van der Waals surface area (Å²) < 4.78 is 5.12. The molecule has 3 rings (SSSR count). The highest BCUT2D eigenvalue weighted by Gasteiger charge is 1.89. The van der Waals surface area contributed by atoms with Gasteiger partial charge in [0.1, 0.15) is 11.9 Å². The smallest absolute Gasteiger partial charge is 0.133 e. The highest BCUT2D eigenvalue weighted by atomic mass is 16.3. The minimum Gasteiger partial charge on any atom is -0.464 e. The van der Waals surface area contributed by atoms with Gasteiger partial charge in [0.25, 0.3) is 0 Å². The topological polar surface area (TPSA) is 38.9 Å². The van der Waals surface area contributed by atoms with E-state index in [1.807, 2.05) is 30.3 Å². The molecular weight excluding hydrogens is 188 g/mol. The number of nitrogens with zero attached hydrogens (tertiary/aromatic N) is 2. The van der Waals surface area contributed by atoms with Crippen LogP contribution in [0.3, 0.4) is 0 Å². The summed E-state index contributed by atoms with van der Waals surface area (Å²) >= 11 is 0. The van der Waals surface area contributed by atoms with Crippen molar-refractivity contribution in [3.63, 3.8) is 0 Å². The first-order valence-corrected chi connectivity index (χ1v) is 4.59. The summed E-state index contributed by atoms with van der Waals surface area (Å²) in [7, 11) is 0. The molecule has 0 radical (unpaired) electrons. The van der Waals surface area contributed by atoms with Crippen molar-refractivity contribution in [2.75, 3.05) is 0 Å². The largest absolute Gasteiger partial charge is 0.464 e. The molecule has 15 heavy (non-hydrogen) atoms. The molecule has 0 spiro atoms. The van der Waals surface area contributed by atoms with Gasteiger partial charge in [-0.1, -0.05) is 18.2 Å². The highest BCUT2D eigenvalue weighted by molar-refractivity contribution is 5.76. The Morgan fingerprint density at radius 3 is 2.27 bits per heavy atom. The van der Waals surface area contributed by atoms with Crippen molar-refractivity contribution >= 4 is 11.0 Å². The van der Waals surface area contributed by atoms with Crippen LogP contribution in [0.25, 0.3) is 11.0 Å². The van der Waals surface area contributed by atoms with Gasteiger partial charge in [-0.15, -0.1) is 0 Å². The lowest BCUT2D eigenvalue weighted by atomic mass is 10.3. The second-order valence-electron chi connectivity index (χ2n) is 2.86. The number of aromatic nitrogens is 2. The molecule has 0 saturated heterocycles. The zero-order valence-corrected chi connectivity index (χ0v) is 8.08. The third-order valence-corrected chi connectivity index (χ3v) is 1.84. The van der Waals surface area contributed by atoms with E-state index in [1.165, 1.54) is 6.33 Å². The van der Waals surface area contributed by atoms with Crippen LogP contribution in [0.1, 0.15) is 0 Å². The fourth-order valence-corrected chi connectivity index (χ4v) is 1.16. The fourth-order valence-electron chi connectivity index (χ4n) is 1.16. The Labute approximate surface area is 87.4 Å². The summed E-state index contributed by atoms with van der Waals surface area (Å²) in [5.74, 6) is 0. The summed E-state index contributed by atoms with van der Waals surface area (Å²) in [6, 6.07) is 11.7. The van der Waals surface area contributed by atoms with Gasteiger partial charge in [-0.2, -0.15) is 0 Å². The van der Waals surface area contributed by atoms with Crippen molar-refractivity contribution in [3.8, 4) is 0 Å². The van der Waals surface area contributed by atoms with E-state index in [0.717, 1.165) is 11.0 Å². The molecule has 3 nitrogen and oxygen atoms in total. The van der Waals surface area contributed by atoms with Gasteiger partial charge >= 0.3 is 0 Å². The highest BCUT2D eigenvalue weighted by Crippen LogP contribution is 2.12. The van der Waals surface area contributed by atoms with E-state index in [4.69, 9.17) is 4.42 Å². The molecule has 0 fully saturated rings. The van der Waals surface area contributed by atoms with Gasteiger partial charge in [-0.3, -0.25) is 0 Å². The van der Waals surface area contributed by atoms with E-state index in [2.05, 4.69) is 9.97 Å². The Balaban J connectivity index is 0.000000124. The maximum atomic E-state index is 5.12. The third-order valence-electron chi connectivity index (χ3n) is 1.84. The minimum absolute atomic E-state index is 0.956. The molecule has 0 aliphatic carbocycles. The fraction of sp³-hybridized carbons (Fsp3) is 0. The molecule has 0 aliphatic heterocycles. The number of benzene rings is 1. The SMILES string of the molecule is c1ccc2occc2c1.c1cncnc1. The summed E-state index contributed by atoms with van der Waals surface area (Å²) in [5.41, 5.74) is 0.956. The van der Waals surface area contributed by atoms with Crippen LogP contribution in [-0.4, -0.2) is 9.97 Å². The van der Waals surface area contributed by atoms with E-state index < -0.39 is 0 Å². The average Bonchev–Trinajstić information content (AvgIpc) is 2.80. The number of fused-ring (bicyclic) bond motifs is 1. The maximum absolute atomic E-state index is 5.12. The molecule has 0 amide bonds. The molecule has 0 atom stereocenters. The van der Waals surface area contributed by atoms with E-state index in [-0.39, 0.29) is 0 Å². The van der Waals surface area contributed by atoms with Crippen molar-refractivity contribution in [1.82, 2.24) is 9.97 Å². The molecule has 1 aromatic carbocycles. The minimum atomic E-state index is 0.956. The van der Waals surface area contributed by atoms with Gasteiger partial charge in [0, 0.05) is 17.8 Å². The third kappa shape index (κ3) is 2.64. The van der Waals surface area contributed by atoms with Crippen molar-refractivity contribution in [1.29, 1.82) is 0 Å². The number of rotatable bonds is 0. The average molecular weight is 198 g/mol. The normalized spacial score (nSPS) is 9.33. The first-order valence-electron chi connectivity index (χ1n) is 4.59. The molecule has 2 aromatic heterocycles. The van der Waals surface area contributed by atoms with E-state index in [0.29, 0.717) is 0 Å². The Bertz CT molecular complexity index is 448. The Morgan fingerprint density at radius 1 is 0.867 bits per heavy atom. The summed E-state index contributed by atoms with van der Waals surface area (Å²) in [5, 5.41) is 1.16. The van der Waals surface area contributed by atoms with Gasteiger partial charge in [-0.25, -0.2) is 9.97 Å². The lowest BCUT2D eigenvalue weighted by molar-refractivity contribution is 0.616. The van der Waals surface area contributed by atoms with Crippen LogP contribution in [0.15, 0.2) is 65.8 Å². The van der Waals surface area contributed by atoms with Crippen LogP contribution < -0.4 is 0 Å². The van der Waals surface area contributed by atoms with Crippen molar-refractivity contribution in [3.05, 3.63) is 61.4 Å². The first kappa shape index (κ1) is 9.40. The lowest BCUT2D eigenvalue weighted by Crippen LogP contribution is -1.66. The monoisotopic (exact) mass is 198 g/mol. The van der Waals surface area contributed by atoms with Crippen LogP contribution in [0.4, 0.5) is 0 Å². The Hall–Kier alpha value is -2.16. The summed E-state index contributed by atoms with van der Waals surface area (Å²) in [6.45, 7) is 0. The molecule has 2 heterocycles. The quantitative estimate of drug-likeness (QED) is 0.557. The van der Waals surface area contributed by atoms with Gasteiger partial charge in [0.15, 0.2) is 0 Å². The van der Waals surface area contributed by atoms with Gasteiger partial charge < -0.3 is 4.42 Å². The van der Waals surface area contributed by atoms with Crippen molar-refractivity contribution in [2.24, 2.45) is 0 Å². The van der Waals surface area contributed by atoms with Crippen LogP contribution in [0.2, 0.25) is 0 Å².